The molecule has 0 radical (unpaired) electrons. The van der Waals surface area contributed by atoms with Gasteiger partial charge in [-0.3, -0.25) is 9.69 Å². The van der Waals surface area contributed by atoms with Gasteiger partial charge in [-0.2, -0.15) is 4.79 Å². The summed E-state index contributed by atoms with van der Waals surface area (Å²) in [6.45, 7) is 4.54. The molecule has 166 valence electrons. The Balaban J connectivity index is 1.82. The number of nitrogens with zero attached hydrogens (tertiary/aromatic N) is 4. The lowest BCUT2D eigenvalue weighted by Crippen LogP contribution is -2.71. The molecule has 1 fully saturated rings. The van der Waals surface area contributed by atoms with Crippen molar-refractivity contribution in [3.8, 4) is 0 Å². The SMILES string of the molecule is Cc1cnc(C)n1CCNC(=O)[C@H]1CN(C(=O)O)CC[N+]1(Cc1ccccc1)C(=O)O. The van der Waals surface area contributed by atoms with E-state index in [1.807, 2.05) is 48.7 Å². The average molecular weight is 430 g/mol. The van der Waals surface area contributed by atoms with Gasteiger partial charge in [-0.15, -0.1) is 0 Å². The Morgan fingerprint density at radius 2 is 1.90 bits per heavy atom. The number of nitrogens with one attached hydrogen (secondary N) is 1. The second-order valence-corrected chi connectivity index (χ2v) is 7.82. The summed E-state index contributed by atoms with van der Waals surface area (Å²) in [5, 5.41) is 22.4. The van der Waals surface area contributed by atoms with Gasteiger partial charge in [-0.1, -0.05) is 30.3 Å². The Kier molecular flexibility index (Phi) is 6.59. The van der Waals surface area contributed by atoms with E-state index in [9.17, 15) is 24.6 Å². The van der Waals surface area contributed by atoms with Gasteiger partial charge in [-0.05, 0) is 13.8 Å². The van der Waals surface area contributed by atoms with Gasteiger partial charge in [0.1, 0.15) is 18.9 Å². The zero-order chi connectivity index (χ0) is 22.6. The number of carbonyl (C=O) groups excluding carboxylic acids is 1. The number of hydrogen-bond donors (Lipinski definition) is 3. The van der Waals surface area contributed by atoms with Crippen molar-refractivity contribution in [3.05, 3.63) is 53.6 Å². The quantitative estimate of drug-likeness (QED) is 0.599. The first-order chi connectivity index (χ1) is 14.7. The average Bonchev–Trinajstić information content (AvgIpc) is 3.06. The lowest BCUT2D eigenvalue weighted by molar-refractivity contribution is -0.890. The number of carbonyl (C=O) groups is 3. The smallest absolute Gasteiger partial charge is 0.465 e. The number of quaternary nitrogens is 1. The van der Waals surface area contributed by atoms with Crippen LogP contribution in [0.25, 0.3) is 0 Å². The molecule has 0 saturated carbocycles. The minimum atomic E-state index is -1.16. The number of imidazole rings is 1. The number of carboxylic acid groups (broad SMARTS) is 2. The van der Waals surface area contributed by atoms with E-state index in [0.29, 0.717) is 6.54 Å². The van der Waals surface area contributed by atoms with Crippen LogP contribution in [0.3, 0.4) is 0 Å². The van der Waals surface area contributed by atoms with Crippen LogP contribution in [0.5, 0.6) is 0 Å². The van der Waals surface area contributed by atoms with Gasteiger partial charge in [0.2, 0.25) is 0 Å². The lowest BCUT2D eigenvalue weighted by Gasteiger charge is -2.44. The fourth-order valence-corrected chi connectivity index (χ4v) is 4.12. The van der Waals surface area contributed by atoms with E-state index >= 15 is 0 Å². The van der Waals surface area contributed by atoms with Crippen molar-refractivity contribution in [1.82, 2.24) is 19.8 Å². The van der Waals surface area contributed by atoms with E-state index in [-0.39, 0.29) is 32.7 Å². The largest absolute Gasteiger partial charge is 0.514 e. The first-order valence-electron chi connectivity index (χ1n) is 10.1. The Bertz CT molecular complexity index is 941. The topological polar surface area (TPSA) is 125 Å². The van der Waals surface area contributed by atoms with Crippen LogP contribution in [-0.4, -0.2) is 79.5 Å². The maximum Gasteiger partial charge on any atom is 0.514 e. The van der Waals surface area contributed by atoms with Crippen LogP contribution in [-0.2, 0) is 17.9 Å². The Morgan fingerprint density at radius 3 is 2.48 bits per heavy atom. The summed E-state index contributed by atoms with van der Waals surface area (Å²) < 4.78 is 1.41. The van der Waals surface area contributed by atoms with Gasteiger partial charge < -0.3 is 20.1 Å². The summed E-state index contributed by atoms with van der Waals surface area (Å²) in [6.07, 6.45) is -0.560. The first-order valence-corrected chi connectivity index (χ1v) is 10.1. The third-order valence-electron chi connectivity index (χ3n) is 5.91. The molecule has 1 aromatic carbocycles. The Morgan fingerprint density at radius 1 is 1.19 bits per heavy atom. The molecule has 0 spiro atoms. The van der Waals surface area contributed by atoms with Crippen molar-refractivity contribution < 1.29 is 29.1 Å². The molecule has 1 aliphatic rings. The molecule has 3 N–H and O–H groups in total. The number of aromatic nitrogens is 2. The molecule has 3 amide bonds. The van der Waals surface area contributed by atoms with Crippen molar-refractivity contribution in [1.29, 1.82) is 0 Å². The molecule has 1 aliphatic heterocycles. The third kappa shape index (κ3) is 4.69. The summed E-state index contributed by atoms with van der Waals surface area (Å²) in [5.41, 5.74) is 1.73. The van der Waals surface area contributed by atoms with Crippen LogP contribution >= 0.6 is 0 Å². The molecular formula is C21H28N5O5+. The van der Waals surface area contributed by atoms with Crippen molar-refractivity contribution in [2.75, 3.05) is 26.2 Å². The normalized spacial score (nSPS) is 21.0. The molecule has 10 nitrogen and oxygen atoms in total. The van der Waals surface area contributed by atoms with Gasteiger partial charge in [0, 0.05) is 30.5 Å². The van der Waals surface area contributed by atoms with Crippen molar-refractivity contribution in [2.45, 2.75) is 33.0 Å². The minimum Gasteiger partial charge on any atom is -0.465 e. The van der Waals surface area contributed by atoms with E-state index in [0.717, 1.165) is 22.0 Å². The van der Waals surface area contributed by atoms with Gasteiger partial charge in [0.25, 0.3) is 5.91 Å². The van der Waals surface area contributed by atoms with Crippen LogP contribution in [0, 0.1) is 13.8 Å². The van der Waals surface area contributed by atoms with Crippen LogP contribution in [0.4, 0.5) is 9.59 Å². The van der Waals surface area contributed by atoms with Gasteiger partial charge >= 0.3 is 12.2 Å². The molecule has 10 heteroatoms. The first kappa shape index (κ1) is 22.3. The second-order valence-electron chi connectivity index (χ2n) is 7.82. The maximum atomic E-state index is 13.1. The van der Waals surface area contributed by atoms with E-state index in [1.54, 1.807) is 6.20 Å². The minimum absolute atomic E-state index is 0.00828. The zero-order valence-electron chi connectivity index (χ0n) is 17.7. The second kappa shape index (κ2) is 9.17. The summed E-state index contributed by atoms with van der Waals surface area (Å²) in [4.78, 5) is 42.4. The molecule has 0 bridgehead atoms. The number of amides is 3. The maximum absolute atomic E-state index is 13.1. The highest BCUT2D eigenvalue weighted by atomic mass is 16.4. The van der Waals surface area contributed by atoms with Gasteiger partial charge in [0.15, 0.2) is 6.04 Å². The lowest BCUT2D eigenvalue weighted by atomic mass is 10.0. The zero-order valence-corrected chi connectivity index (χ0v) is 17.7. The molecular weight excluding hydrogens is 402 g/mol. The summed E-state index contributed by atoms with van der Waals surface area (Å²) >= 11 is 0. The molecule has 2 heterocycles. The highest BCUT2D eigenvalue weighted by Gasteiger charge is 2.53. The van der Waals surface area contributed by atoms with E-state index in [2.05, 4.69) is 10.3 Å². The Labute approximate surface area is 180 Å². The van der Waals surface area contributed by atoms with Crippen LogP contribution in [0.2, 0.25) is 0 Å². The van der Waals surface area contributed by atoms with Crippen LogP contribution < -0.4 is 5.32 Å². The molecule has 0 aliphatic carbocycles. The molecule has 2 atom stereocenters. The standard InChI is InChI=1S/C21H27N5O5/c1-15-12-23-16(2)25(15)9-8-22-19(27)18-13-24(20(28)29)10-11-26(18,21(30)31)14-17-6-4-3-5-7-17/h3-7,12,18H,8-11,13-14H2,1-2H3,(H2-,22,27,28,29,30,31)/p+1/t18-,26?/m1/s1. The van der Waals surface area contributed by atoms with Gasteiger partial charge in [-0.25, -0.2) is 14.3 Å². The van der Waals surface area contributed by atoms with E-state index in [4.69, 9.17) is 0 Å². The third-order valence-corrected chi connectivity index (χ3v) is 5.91. The summed E-state index contributed by atoms with van der Waals surface area (Å²) in [5.74, 6) is 0.348. The predicted octanol–water partition coefficient (Wildman–Crippen LogP) is 1.67. The number of piperazine rings is 1. The Hall–Kier alpha value is -3.40. The monoisotopic (exact) mass is 430 g/mol. The van der Waals surface area contributed by atoms with Crippen LogP contribution in [0.1, 0.15) is 17.1 Å². The molecule has 1 unspecified atom stereocenters. The molecule has 3 rings (SSSR count). The molecule has 31 heavy (non-hydrogen) atoms. The number of hydrogen-bond acceptors (Lipinski definition) is 4. The highest BCUT2D eigenvalue weighted by molar-refractivity contribution is 5.83. The summed E-state index contributed by atoms with van der Waals surface area (Å²) in [6, 6.07) is 8.02. The fourth-order valence-electron chi connectivity index (χ4n) is 4.12. The highest BCUT2D eigenvalue weighted by Crippen LogP contribution is 2.25. The van der Waals surface area contributed by atoms with E-state index in [1.165, 1.54) is 0 Å². The molecule has 2 aromatic rings. The number of rotatable bonds is 6. The number of benzene rings is 1. The summed E-state index contributed by atoms with van der Waals surface area (Å²) in [7, 11) is 0. The number of aryl methyl sites for hydroxylation is 2. The van der Waals surface area contributed by atoms with Gasteiger partial charge in [0.05, 0.1) is 13.1 Å². The fraction of sp³-hybridized carbons (Fsp3) is 0.429. The van der Waals surface area contributed by atoms with E-state index < -0.39 is 28.6 Å². The molecule has 1 saturated heterocycles. The van der Waals surface area contributed by atoms with Crippen molar-refractivity contribution in [3.63, 3.8) is 0 Å². The van der Waals surface area contributed by atoms with Crippen molar-refractivity contribution in [2.24, 2.45) is 0 Å². The predicted molar refractivity (Wildman–Crippen MR) is 111 cm³/mol. The van der Waals surface area contributed by atoms with Crippen molar-refractivity contribution >= 4 is 18.1 Å². The molecule has 1 aromatic heterocycles. The van der Waals surface area contributed by atoms with Crippen LogP contribution in [0.15, 0.2) is 36.5 Å².